The Morgan fingerprint density at radius 3 is 3.04 bits per heavy atom. The molecule has 0 atom stereocenters. The van der Waals surface area contributed by atoms with E-state index < -0.39 is 0 Å². The number of esters is 1. The monoisotopic (exact) mass is 447 g/mol. The van der Waals surface area contributed by atoms with E-state index >= 15 is 0 Å². The number of aromatic nitrogens is 1. The molecule has 0 saturated heterocycles. The first kappa shape index (κ1) is 17.8. The number of nitrogens with zero attached hydrogens (tertiary/aromatic N) is 2. The number of hydrazone groups is 1. The lowest BCUT2D eigenvalue weighted by Gasteiger charge is -2.01. The van der Waals surface area contributed by atoms with Crippen molar-refractivity contribution in [3.63, 3.8) is 0 Å². The van der Waals surface area contributed by atoms with Crippen LogP contribution in [0.1, 0.15) is 23.7 Å². The van der Waals surface area contributed by atoms with Crippen molar-refractivity contribution in [1.82, 2.24) is 4.98 Å². The number of hydrogen-bond acceptors (Lipinski definition) is 6. The number of nitrogens with one attached hydrogen (secondary N) is 1. The Morgan fingerprint density at radius 1 is 1.57 bits per heavy atom. The molecule has 1 heterocycles. The van der Waals surface area contributed by atoms with E-state index in [0.717, 1.165) is 3.57 Å². The van der Waals surface area contributed by atoms with Crippen LogP contribution in [-0.2, 0) is 16.0 Å². The van der Waals surface area contributed by atoms with E-state index in [2.05, 4.69) is 38.1 Å². The van der Waals surface area contributed by atoms with E-state index in [4.69, 9.17) is 4.74 Å². The van der Waals surface area contributed by atoms with Gasteiger partial charge in [0.25, 0.3) is 0 Å². The summed E-state index contributed by atoms with van der Waals surface area (Å²) in [6, 6.07) is 3.27. The van der Waals surface area contributed by atoms with Crippen LogP contribution in [-0.4, -0.2) is 23.8 Å². The minimum Gasteiger partial charge on any atom is -0.466 e. The highest BCUT2D eigenvalue weighted by Gasteiger charge is 2.08. The van der Waals surface area contributed by atoms with Gasteiger partial charge in [0.15, 0.2) is 0 Å². The summed E-state index contributed by atoms with van der Waals surface area (Å²) in [5.74, 6) is -0.568. The summed E-state index contributed by atoms with van der Waals surface area (Å²) in [5.41, 5.74) is 4.68. The average Bonchev–Trinajstić information content (AvgIpc) is 2.92. The minimum atomic E-state index is -0.308. The molecule has 5 nitrogen and oxygen atoms in total. The maximum Gasteiger partial charge on any atom is 0.311 e. The second-order valence-electron chi connectivity index (χ2n) is 4.61. The first-order valence-electron chi connectivity index (χ1n) is 6.84. The summed E-state index contributed by atoms with van der Waals surface area (Å²) in [5, 5.41) is 6.36. The van der Waals surface area contributed by atoms with E-state index in [1.165, 1.54) is 23.6 Å². The van der Waals surface area contributed by atoms with Crippen LogP contribution in [0.2, 0.25) is 0 Å². The van der Waals surface area contributed by atoms with E-state index in [0.29, 0.717) is 28.6 Å². The third kappa shape index (κ3) is 5.24. The summed E-state index contributed by atoms with van der Waals surface area (Å²) in [7, 11) is 0. The molecule has 1 aromatic heterocycles. The zero-order valence-corrected chi connectivity index (χ0v) is 15.6. The lowest BCUT2D eigenvalue weighted by Crippen LogP contribution is -2.07. The van der Waals surface area contributed by atoms with Gasteiger partial charge >= 0.3 is 5.97 Å². The number of anilines is 1. The number of halogens is 2. The maximum atomic E-state index is 13.6. The topological polar surface area (TPSA) is 63.6 Å². The Labute approximate surface area is 151 Å². The molecule has 0 spiro atoms. The van der Waals surface area contributed by atoms with Crippen molar-refractivity contribution < 1.29 is 13.9 Å². The molecule has 8 heteroatoms. The zero-order chi connectivity index (χ0) is 16.8. The molecule has 122 valence electrons. The van der Waals surface area contributed by atoms with Crippen LogP contribution in [0.25, 0.3) is 0 Å². The van der Waals surface area contributed by atoms with E-state index in [1.807, 2.05) is 6.07 Å². The van der Waals surface area contributed by atoms with Gasteiger partial charge in [-0.2, -0.15) is 5.10 Å². The molecule has 2 rings (SSSR count). The van der Waals surface area contributed by atoms with Gasteiger partial charge in [0.1, 0.15) is 5.82 Å². The summed E-state index contributed by atoms with van der Waals surface area (Å²) < 4.78 is 19.3. The molecule has 0 unspecified atom stereocenters. The first-order chi connectivity index (χ1) is 11.0. The van der Waals surface area contributed by atoms with Gasteiger partial charge in [-0.15, -0.1) is 11.3 Å². The van der Waals surface area contributed by atoms with Gasteiger partial charge in [0.2, 0.25) is 5.13 Å². The van der Waals surface area contributed by atoms with Gasteiger partial charge in [-0.1, -0.05) is 0 Å². The van der Waals surface area contributed by atoms with Gasteiger partial charge in [0.05, 0.1) is 24.9 Å². The normalized spacial score (nSPS) is 11.0. The molecule has 0 aliphatic rings. The van der Waals surface area contributed by atoms with Crippen LogP contribution in [0.15, 0.2) is 22.6 Å². The highest BCUT2D eigenvalue weighted by Crippen LogP contribution is 2.18. The Balaban J connectivity index is 1.96. The molecule has 0 amide bonds. The van der Waals surface area contributed by atoms with Crippen molar-refractivity contribution in [1.29, 1.82) is 0 Å². The molecule has 0 saturated carbocycles. The number of carbonyl (C=O) groups excluding carboxylic acids is 1. The highest BCUT2D eigenvalue weighted by molar-refractivity contribution is 14.1. The Bertz CT molecular complexity index is 710. The molecule has 0 aliphatic carbocycles. The van der Waals surface area contributed by atoms with Crippen LogP contribution in [0.4, 0.5) is 9.52 Å². The fourth-order valence-corrected chi connectivity index (χ4v) is 2.98. The van der Waals surface area contributed by atoms with Crippen molar-refractivity contribution in [2.75, 3.05) is 12.0 Å². The SMILES string of the molecule is CCOC(=O)Cc1csc(NN=Cc2cc(F)c(C)c(I)c2)n1. The molecule has 1 aromatic carbocycles. The largest absolute Gasteiger partial charge is 0.466 e. The van der Waals surface area contributed by atoms with E-state index in [1.54, 1.807) is 19.2 Å². The summed E-state index contributed by atoms with van der Waals surface area (Å²) in [6.45, 7) is 3.84. The third-order valence-corrected chi connectivity index (χ3v) is 4.78. The van der Waals surface area contributed by atoms with Crippen molar-refractivity contribution in [3.05, 3.63) is 43.7 Å². The summed E-state index contributed by atoms with van der Waals surface area (Å²) in [6.07, 6.45) is 1.66. The summed E-state index contributed by atoms with van der Waals surface area (Å²) in [4.78, 5) is 15.6. The predicted octanol–water partition coefficient (Wildman–Crippen LogP) is 3.75. The lowest BCUT2D eigenvalue weighted by molar-refractivity contribution is -0.142. The number of carbonyl (C=O) groups is 1. The number of benzene rings is 1. The molecule has 0 radical (unpaired) electrons. The second kappa shape index (κ2) is 8.34. The van der Waals surface area contributed by atoms with Crippen LogP contribution in [0, 0.1) is 16.3 Å². The summed E-state index contributed by atoms with van der Waals surface area (Å²) >= 11 is 3.42. The van der Waals surface area contributed by atoms with Crippen molar-refractivity contribution >= 4 is 51.2 Å². The van der Waals surface area contributed by atoms with Gasteiger partial charge in [0, 0.05) is 8.95 Å². The molecular weight excluding hydrogens is 432 g/mol. The molecule has 2 aromatic rings. The molecule has 1 N–H and O–H groups in total. The van der Waals surface area contributed by atoms with Crippen molar-refractivity contribution in [2.45, 2.75) is 20.3 Å². The van der Waals surface area contributed by atoms with Gasteiger partial charge in [-0.05, 0) is 59.7 Å². The standard InChI is InChI=1S/C15H15FIN3O2S/c1-3-22-14(21)6-11-8-23-15(19-11)20-18-7-10-4-12(16)9(2)13(17)5-10/h4-5,7-8H,3,6H2,1-2H3,(H,19,20). The molecule has 0 fully saturated rings. The number of thiazole rings is 1. The number of rotatable bonds is 6. The fourth-order valence-electron chi connectivity index (χ4n) is 1.70. The average molecular weight is 447 g/mol. The van der Waals surface area contributed by atoms with Crippen LogP contribution in [0.5, 0.6) is 0 Å². The van der Waals surface area contributed by atoms with Crippen molar-refractivity contribution in [3.8, 4) is 0 Å². The maximum absolute atomic E-state index is 13.6. The Hall–Kier alpha value is -1.55. The van der Waals surface area contributed by atoms with Crippen LogP contribution < -0.4 is 5.43 Å². The van der Waals surface area contributed by atoms with Crippen molar-refractivity contribution in [2.24, 2.45) is 5.10 Å². The smallest absolute Gasteiger partial charge is 0.311 e. The molecular formula is C15H15FIN3O2S. The Morgan fingerprint density at radius 2 is 2.35 bits per heavy atom. The predicted molar refractivity (Wildman–Crippen MR) is 97.5 cm³/mol. The Kier molecular flexibility index (Phi) is 6.46. The van der Waals surface area contributed by atoms with Gasteiger partial charge < -0.3 is 4.74 Å². The quantitative estimate of drug-likeness (QED) is 0.317. The van der Waals surface area contributed by atoms with Gasteiger partial charge in [-0.25, -0.2) is 9.37 Å². The first-order valence-corrected chi connectivity index (χ1v) is 8.80. The van der Waals surface area contributed by atoms with E-state index in [9.17, 15) is 9.18 Å². The third-order valence-electron chi connectivity index (χ3n) is 2.86. The second-order valence-corrected chi connectivity index (χ2v) is 6.63. The lowest BCUT2D eigenvalue weighted by atomic mass is 10.1. The van der Waals surface area contributed by atoms with E-state index in [-0.39, 0.29) is 18.2 Å². The minimum absolute atomic E-state index is 0.136. The van der Waals surface area contributed by atoms with Gasteiger partial charge in [-0.3, -0.25) is 10.2 Å². The number of ether oxygens (including phenoxy) is 1. The molecule has 0 aliphatic heterocycles. The highest BCUT2D eigenvalue weighted by atomic mass is 127. The molecule has 0 bridgehead atoms. The van der Waals surface area contributed by atoms with Crippen LogP contribution >= 0.6 is 33.9 Å². The number of hydrogen-bond donors (Lipinski definition) is 1. The molecule has 23 heavy (non-hydrogen) atoms. The van der Waals surface area contributed by atoms with Crippen LogP contribution in [0.3, 0.4) is 0 Å². The zero-order valence-electron chi connectivity index (χ0n) is 12.6. The fraction of sp³-hybridized carbons (Fsp3) is 0.267.